The highest BCUT2D eigenvalue weighted by Gasteiger charge is 2.30. The maximum atomic E-state index is 13.2. The second-order valence-electron chi connectivity index (χ2n) is 7.44. The number of amides is 1. The normalized spacial score (nSPS) is 17.5. The van der Waals surface area contributed by atoms with Crippen molar-refractivity contribution in [1.82, 2.24) is 24.5 Å². The number of hydrogen-bond acceptors (Lipinski definition) is 5. The Balaban J connectivity index is 1.47. The number of aromatic nitrogens is 4. The predicted octanol–water partition coefficient (Wildman–Crippen LogP) is 3.51. The van der Waals surface area contributed by atoms with Gasteiger partial charge in [-0.15, -0.1) is 0 Å². The zero-order chi connectivity index (χ0) is 19.3. The quantitative estimate of drug-likeness (QED) is 0.536. The number of fused-ring (bicyclic) bond motifs is 2. The first kappa shape index (κ1) is 16.9. The van der Waals surface area contributed by atoms with Gasteiger partial charge in [0.25, 0.3) is 11.7 Å². The summed E-state index contributed by atoms with van der Waals surface area (Å²) in [5, 5.41) is 5.32. The number of benzene rings is 1. The number of piperidine rings is 1. The zero-order valence-corrected chi connectivity index (χ0v) is 15.9. The molecular weight excluding hydrogens is 354 g/mol. The summed E-state index contributed by atoms with van der Waals surface area (Å²) in [4.78, 5) is 23.8. The van der Waals surface area contributed by atoms with E-state index in [0.29, 0.717) is 18.1 Å². The zero-order valence-electron chi connectivity index (χ0n) is 15.9. The highest BCUT2D eigenvalue weighted by Crippen LogP contribution is 2.31. The lowest BCUT2D eigenvalue weighted by molar-refractivity contribution is 0.0674. The van der Waals surface area contributed by atoms with Crippen LogP contribution in [0.3, 0.4) is 0 Å². The van der Waals surface area contributed by atoms with Gasteiger partial charge in [-0.1, -0.05) is 18.2 Å². The Morgan fingerprint density at radius 2 is 2.11 bits per heavy atom. The fourth-order valence-electron chi connectivity index (χ4n) is 4.17. The molecule has 0 unspecified atom stereocenters. The van der Waals surface area contributed by atoms with E-state index < -0.39 is 0 Å². The van der Waals surface area contributed by atoms with Gasteiger partial charge in [0, 0.05) is 35.7 Å². The van der Waals surface area contributed by atoms with Crippen LogP contribution in [0.2, 0.25) is 0 Å². The van der Waals surface area contributed by atoms with Crippen LogP contribution in [0.5, 0.6) is 0 Å². The third kappa shape index (κ3) is 2.66. The van der Waals surface area contributed by atoms with Gasteiger partial charge in [0.15, 0.2) is 5.76 Å². The molecule has 0 saturated carbocycles. The Morgan fingerprint density at radius 3 is 2.96 bits per heavy atom. The number of nitrogens with zero attached hydrogens (tertiary/aromatic N) is 5. The third-order valence-electron chi connectivity index (χ3n) is 5.57. The molecule has 7 nitrogen and oxygen atoms in total. The molecule has 0 radical (unpaired) electrons. The van der Waals surface area contributed by atoms with Crippen molar-refractivity contribution in [3.8, 4) is 0 Å². The first-order valence-corrected chi connectivity index (χ1v) is 9.56. The Bertz CT molecular complexity index is 1190. The number of carbonyl (C=O) groups excluding carboxylic acids is 1. The maximum Gasteiger partial charge on any atom is 0.289 e. The van der Waals surface area contributed by atoms with E-state index in [9.17, 15) is 4.79 Å². The van der Waals surface area contributed by atoms with Gasteiger partial charge in [-0.25, -0.2) is 9.50 Å². The SMILES string of the molecule is Cc1cc([C@H]2CCCN(C(=O)c3oc4ccccc4c3C)C2)n2ncnc2n1. The number of para-hydroxylation sites is 1. The Morgan fingerprint density at radius 1 is 1.25 bits per heavy atom. The lowest BCUT2D eigenvalue weighted by Crippen LogP contribution is -2.39. The van der Waals surface area contributed by atoms with Gasteiger partial charge < -0.3 is 9.32 Å². The lowest BCUT2D eigenvalue weighted by atomic mass is 9.93. The molecule has 1 aliphatic heterocycles. The molecule has 5 rings (SSSR count). The van der Waals surface area contributed by atoms with Crippen LogP contribution in [-0.4, -0.2) is 43.5 Å². The molecule has 4 heterocycles. The summed E-state index contributed by atoms with van der Waals surface area (Å²) in [5.41, 5.74) is 3.62. The molecule has 1 amide bonds. The number of likely N-dealkylation sites (tertiary alicyclic amines) is 1. The predicted molar refractivity (Wildman–Crippen MR) is 104 cm³/mol. The van der Waals surface area contributed by atoms with Crippen LogP contribution in [0.1, 0.15) is 46.3 Å². The van der Waals surface area contributed by atoms with Gasteiger partial charge in [-0.3, -0.25) is 4.79 Å². The second kappa shape index (κ2) is 6.44. The molecule has 0 aliphatic carbocycles. The molecule has 0 bridgehead atoms. The summed E-state index contributed by atoms with van der Waals surface area (Å²) in [6.07, 6.45) is 3.46. The number of hydrogen-bond donors (Lipinski definition) is 0. The van der Waals surface area contributed by atoms with Crippen LogP contribution in [0.15, 0.2) is 41.1 Å². The number of furan rings is 1. The largest absolute Gasteiger partial charge is 0.451 e. The van der Waals surface area contributed by atoms with E-state index in [1.165, 1.54) is 6.33 Å². The smallest absolute Gasteiger partial charge is 0.289 e. The van der Waals surface area contributed by atoms with Crippen molar-refractivity contribution in [3.05, 3.63) is 59.4 Å². The first-order valence-electron chi connectivity index (χ1n) is 9.56. The van der Waals surface area contributed by atoms with Crippen LogP contribution in [0.4, 0.5) is 0 Å². The molecule has 1 fully saturated rings. The number of aryl methyl sites for hydroxylation is 2. The summed E-state index contributed by atoms with van der Waals surface area (Å²) in [7, 11) is 0. The van der Waals surface area contributed by atoms with E-state index >= 15 is 0 Å². The van der Waals surface area contributed by atoms with E-state index in [1.807, 2.05) is 49.1 Å². The fourth-order valence-corrected chi connectivity index (χ4v) is 4.17. The van der Waals surface area contributed by atoms with Crippen LogP contribution in [0.25, 0.3) is 16.7 Å². The van der Waals surface area contributed by atoms with Crippen molar-refractivity contribution in [2.24, 2.45) is 0 Å². The molecule has 1 aliphatic rings. The molecule has 0 spiro atoms. The van der Waals surface area contributed by atoms with Crippen molar-refractivity contribution in [3.63, 3.8) is 0 Å². The van der Waals surface area contributed by atoms with Gasteiger partial charge in [-0.2, -0.15) is 10.1 Å². The monoisotopic (exact) mass is 375 g/mol. The van der Waals surface area contributed by atoms with Crippen LogP contribution in [0, 0.1) is 13.8 Å². The summed E-state index contributed by atoms with van der Waals surface area (Å²) in [5.74, 6) is 1.19. The summed E-state index contributed by atoms with van der Waals surface area (Å²) in [6, 6.07) is 9.83. The lowest BCUT2D eigenvalue weighted by Gasteiger charge is -2.32. The van der Waals surface area contributed by atoms with Crippen LogP contribution < -0.4 is 0 Å². The van der Waals surface area contributed by atoms with Gasteiger partial charge in [0.05, 0.1) is 5.69 Å². The van der Waals surface area contributed by atoms with Gasteiger partial charge in [0.1, 0.15) is 11.9 Å². The average molecular weight is 375 g/mol. The Hall–Kier alpha value is -3.22. The first-order chi connectivity index (χ1) is 13.6. The molecular formula is C21H21N5O2. The Kier molecular flexibility index (Phi) is 3.89. The van der Waals surface area contributed by atoms with Crippen molar-refractivity contribution < 1.29 is 9.21 Å². The minimum absolute atomic E-state index is 0.0426. The van der Waals surface area contributed by atoms with Crippen molar-refractivity contribution in [2.75, 3.05) is 13.1 Å². The molecule has 28 heavy (non-hydrogen) atoms. The topological polar surface area (TPSA) is 76.5 Å². The molecule has 142 valence electrons. The number of rotatable bonds is 2. The summed E-state index contributed by atoms with van der Waals surface area (Å²) >= 11 is 0. The van der Waals surface area contributed by atoms with Gasteiger partial charge in [-0.05, 0) is 38.8 Å². The minimum atomic E-state index is -0.0426. The second-order valence-corrected chi connectivity index (χ2v) is 7.44. The molecule has 1 aromatic carbocycles. The Labute approximate surface area is 162 Å². The molecule has 3 aromatic heterocycles. The van der Waals surface area contributed by atoms with Crippen molar-refractivity contribution in [2.45, 2.75) is 32.6 Å². The highest BCUT2D eigenvalue weighted by molar-refractivity contribution is 5.99. The van der Waals surface area contributed by atoms with Crippen LogP contribution >= 0.6 is 0 Å². The van der Waals surface area contributed by atoms with Crippen molar-refractivity contribution >= 4 is 22.7 Å². The van der Waals surface area contributed by atoms with E-state index in [0.717, 1.165) is 47.3 Å². The molecule has 7 heteroatoms. The maximum absolute atomic E-state index is 13.2. The summed E-state index contributed by atoms with van der Waals surface area (Å²) in [6.45, 7) is 5.28. The molecule has 1 atom stereocenters. The average Bonchev–Trinajstić information content (AvgIpc) is 3.31. The minimum Gasteiger partial charge on any atom is -0.451 e. The van der Waals surface area contributed by atoms with E-state index in [2.05, 4.69) is 15.1 Å². The van der Waals surface area contributed by atoms with Gasteiger partial charge >= 0.3 is 0 Å². The third-order valence-corrected chi connectivity index (χ3v) is 5.57. The molecule has 1 saturated heterocycles. The molecule has 0 N–H and O–H groups in total. The molecule has 4 aromatic rings. The number of carbonyl (C=O) groups is 1. The highest BCUT2D eigenvalue weighted by atomic mass is 16.3. The van der Waals surface area contributed by atoms with E-state index in [-0.39, 0.29) is 11.8 Å². The fraction of sp³-hybridized carbons (Fsp3) is 0.333. The van der Waals surface area contributed by atoms with E-state index in [1.54, 1.807) is 4.52 Å². The van der Waals surface area contributed by atoms with Gasteiger partial charge in [0.2, 0.25) is 0 Å². The summed E-state index contributed by atoms with van der Waals surface area (Å²) < 4.78 is 7.69. The van der Waals surface area contributed by atoms with Crippen LogP contribution in [-0.2, 0) is 0 Å². The standard InChI is InChI=1S/C21H21N5O2/c1-13-10-17(26-21(24-13)22-12-23-26)15-6-5-9-25(11-15)20(27)19-14(2)16-7-3-4-8-18(16)28-19/h3-4,7-8,10,12,15H,5-6,9,11H2,1-2H3/t15-/m0/s1. The van der Waals surface area contributed by atoms with Crippen molar-refractivity contribution in [1.29, 1.82) is 0 Å². The van der Waals surface area contributed by atoms with E-state index in [4.69, 9.17) is 4.42 Å².